The van der Waals surface area contributed by atoms with E-state index >= 15 is 0 Å². The van der Waals surface area contributed by atoms with Crippen molar-refractivity contribution < 1.29 is 27.8 Å². The van der Waals surface area contributed by atoms with Crippen molar-refractivity contribution >= 4 is 6.09 Å². The van der Waals surface area contributed by atoms with Crippen molar-refractivity contribution in [3.8, 4) is 16.9 Å². The molecule has 0 heterocycles. The maximum Gasteiger partial charge on any atom is 0.573 e. The number of alkyl halides is 3. The van der Waals surface area contributed by atoms with Crippen molar-refractivity contribution in [2.45, 2.75) is 32.7 Å². The number of hydrogen-bond acceptors (Lipinski definition) is 2. The normalized spacial score (nSPS) is 18.3. The van der Waals surface area contributed by atoms with Crippen LogP contribution in [-0.4, -0.2) is 17.6 Å². The molecule has 2 aromatic rings. The summed E-state index contributed by atoms with van der Waals surface area (Å²) < 4.78 is 40.6. The Morgan fingerprint density at radius 1 is 1.15 bits per heavy atom. The van der Waals surface area contributed by atoms with E-state index in [0.717, 1.165) is 22.3 Å². The Kier molecular flexibility index (Phi) is 4.34. The first-order valence-corrected chi connectivity index (χ1v) is 8.04. The van der Waals surface area contributed by atoms with E-state index in [1.807, 2.05) is 32.0 Å². The fraction of sp³-hybridized carbons (Fsp3) is 0.316. The van der Waals surface area contributed by atoms with Crippen LogP contribution in [0, 0.1) is 5.41 Å². The Labute approximate surface area is 148 Å². The van der Waals surface area contributed by atoms with Gasteiger partial charge in [0, 0.05) is 0 Å². The van der Waals surface area contributed by atoms with Gasteiger partial charge >= 0.3 is 12.5 Å². The molecule has 1 atom stereocenters. The molecule has 0 fully saturated rings. The van der Waals surface area contributed by atoms with E-state index in [0.29, 0.717) is 6.42 Å². The third-order valence-corrected chi connectivity index (χ3v) is 4.57. The second-order valence-electron chi connectivity index (χ2n) is 7.03. The fourth-order valence-corrected chi connectivity index (χ4v) is 3.48. The molecule has 2 N–H and O–H groups in total. The summed E-state index contributed by atoms with van der Waals surface area (Å²) in [5.74, 6) is -0.269. The maximum absolute atomic E-state index is 12.2. The van der Waals surface area contributed by atoms with Gasteiger partial charge in [0.2, 0.25) is 0 Å². The van der Waals surface area contributed by atoms with Gasteiger partial charge in [0.1, 0.15) is 5.75 Å². The zero-order valence-electron chi connectivity index (χ0n) is 14.2. The van der Waals surface area contributed by atoms with Crippen LogP contribution in [0.15, 0.2) is 42.5 Å². The molecule has 1 aliphatic rings. The predicted molar refractivity (Wildman–Crippen MR) is 89.9 cm³/mol. The van der Waals surface area contributed by atoms with E-state index in [2.05, 4.69) is 10.1 Å². The lowest BCUT2D eigenvalue weighted by Crippen LogP contribution is -2.34. The molecule has 1 aliphatic carbocycles. The monoisotopic (exact) mass is 365 g/mol. The molecule has 138 valence electrons. The first-order chi connectivity index (χ1) is 12.0. The van der Waals surface area contributed by atoms with E-state index in [1.54, 1.807) is 12.1 Å². The number of rotatable bonds is 3. The number of amides is 1. The van der Waals surface area contributed by atoms with Crippen LogP contribution in [0.4, 0.5) is 18.0 Å². The summed E-state index contributed by atoms with van der Waals surface area (Å²) >= 11 is 0. The van der Waals surface area contributed by atoms with E-state index in [-0.39, 0.29) is 17.2 Å². The van der Waals surface area contributed by atoms with Crippen LogP contribution in [0.3, 0.4) is 0 Å². The van der Waals surface area contributed by atoms with Gasteiger partial charge in [-0.25, -0.2) is 4.79 Å². The van der Waals surface area contributed by atoms with Gasteiger partial charge in [0.15, 0.2) is 0 Å². The van der Waals surface area contributed by atoms with E-state index < -0.39 is 12.5 Å². The molecule has 3 rings (SSSR count). The van der Waals surface area contributed by atoms with Crippen molar-refractivity contribution in [2.75, 3.05) is 0 Å². The zero-order valence-corrected chi connectivity index (χ0v) is 14.2. The van der Waals surface area contributed by atoms with Crippen LogP contribution >= 0.6 is 0 Å². The van der Waals surface area contributed by atoms with Crippen molar-refractivity contribution in [1.29, 1.82) is 0 Å². The summed E-state index contributed by atoms with van der Waals surface area (Å²) in [6.07, 6.45) is -5.08. The van der Waals surface area contributed by atoms with Gasteiger partial charge in [-0.15, -0.1) is 13.2 Å². The van der Waals surface area contributed by atoms with Gasteiger partial charge in [-0.1, -0.05) is 44.2 Å². The number of carbonyl (C=O) groups is 1. The van der Waals surface area contributed by atoms with Crippen LogP contribution in [0.25, 0.3) is 11.1 Å². The standard InChI is InChI=1S/C19H18F3NO3/c1-18(2)10-13-9-12(5-8-15(13)16(18)23-17(24)25)11-3-6-14(7-4-11)26-19(20,21)22/h3-9,16,23H,10H2,1-2H3,(H,24,25). The van der Waals surface area contributed by atoms with E-state index in [9.17, 15) is 18.0 Å². The van der Waals surface area contributed by atoms with Gasteiger partial charge in [-0.05, 0) is 46.2 Å². The lowest BCUT2D eigenvalue weighted by molar-refractivity contribution is -0.274. The van der Waals surface area contributed by atoms with Crippen LogP contribution < -0.4 is 10.1 Å². The smallest absolute Gasteiger partial charge is 0.465 e. The molecule has 7 heteroatoms. The molecular weight excluding hydrogens is 347 g/mol. The van der Waals surface area contributed by atoms with Gasteiger partial charge in [0.05, 0.1) is 6.04 Å². The van der Waals surface area contributed by atoms with Gasteiger partial charge in [-0.3, -0.25) is 0 Å². The van der Waals surface area contributed by atoms with Crippen LogP contribution in [0.1, 0.15) is 31.0 Å². The molecule has 0 radical (unpaired) electrons. The number of benzene rings is 2. The van der Waals surface area contributed by atoms with Crippen molar-refractivity contribution in [3.05, 3.63) is 53.6 Å². The Balaban J connectivity index is 1.87. The molecular formula is C19H18F3NO3. The SMILES string of the molecule is CC1(C)Cc2cc(-c3ccc(OC(F)(F)F)cc3)ccc2C1NC(=O)O. The average molecular weight is 365 g/mol. The topological polar surface area (TPSA) is 58.6 Å². The lowest BCUT2D eigenvalue weighted by atomic mass is 9.85. The molecule has 0 aromatic heterocycles. The Hall–Kier alpha value is -2.70. The highest BCUT2D eigenvalue weighted by Crippen LogP contribution is 2.46. The number of carboxylic acid groups (broad SMARTS) is 1. The fourth-order valence-electron chi connectivity index (χ4n) is 3.48. The summed E-state index contributed by atoms with van der Waals surface area (Å²) in [7, 11) is 0. The minimum Gasteiger partial charge on any atom is -0.465 e. The molecule has 0 bridgehead atoms. The molecule has 0 aliphatic heterocycles. The van der Waals surface area contributed by atoms with Gasteiger partial charge in [-0.2, -0.15) is 0 Å². The minimum atomic E-state index is -4.72. The van der Waals surface area contributed by atoms with E-state index in [1.165, 1.54) is 12.1 Å². The third kappa shape index (κ3) is 3.76. The quantitative estimate of drug-likeness (QED) is 0.791. The Bertz CT molecular complexity index is 829. The van der Waals surface area contributed by atoms with Crippen molar-refractivity contribution in [3.63, 3.8) is 0 Å². The molecule has 1 amide bonds. The highest BCUT2D eigenvalue weighted by Gasteiger charge is 2.40. The number of hydrogen-bond donors (Lipinski definition) is 2. The molecule has 0 spiro atoms. The number of ether oxygens (including phenoxy) is 1. The first kappa shape index (κ1) is 18.1. The van der Waals surface area contributed by atoms with Crippen LogP contribution in [-0.2, 0) is 6.42 Å². The highest BCUT2D eigenvalue weighted by molar-refractivity contribution is 5.68. The zero-order chi connectivity index (χ0) is 19.1. The number of halogens is 3. The third-order valence-electron chi connectivity index (χ3n) is 4.57. The van der Waals surface area contributed by atoms with Crippen LogP contribution in [0.2, 0.25) is 0 Å². The van der Waals surface area contributed by atoms with Gasteiger partial charge in [0.25, 0.3) is 0 Å². The maximum atomic E-state index is 12.2. The van der Waals surface area contributed by atoms with Gasteiger partial charge < -0.3 is 15.2 Å². The average Bonchev–Trinajstić information content (AvgIpc) is 2.75. The predicted octanol–water partition coefficient (Wildman–Crippen LogP) is 5.14. The molecule has 2 aromatic carbocycles. The first-order valence-electron chi connectivity index (χ1n) is 8.04. The second-order valence-corrected chi connectivity index (χ2v) is 7.03. The summed E-state index contributed by atoms with van der Waals surface area (Å²) in [5.41, 5.74) is 3.31. The number of nitrogens with one attached hydrogen (secondary N) is 1. The minimum absolute atomic E-state index is 0.260. The summed E-state index contributed by atoms with van der Waals surface area (Å²) in [6.45, 7) is 3.99. The Morgan fingerprint density at radius 3 is 2.35 bits per heavy atom. The molecule has 4 nitrogen and oxygen atoms in total. The molecule has 0 saturated heterocycles. The highest BCUT2D eigenvalue weighted by atomic mass is 19.4. The van der Waals surface area contributed by atoms with E-state index in [4.69, 9.17) is 5.11 Å². The largest absolute Gasteiger partial charge is 0.573 e. The summed E-state index contributed by atoms with van der Waals surface area (Å²) in [5, 5.41) is 11.6. The van der Waals surface area contributed by atoms with Crippen molar-refractivity contribution in [2.24, 2.45) is 5.41 Å². The number of fused-ring (bicyclic) bond motifs is 1. The van der Waals surface area contributed by atoms with Crippen molar-refractivity contribution in [1.82, 2.24) is 5.32 Å². The Morgan fingerprint density at radius 2 is 1.77 bits per heavy atom. The molecule has 26 heavy (non-hydrogen) atoms. The molecule has 1 unspecified atom stereocenters. The second kappa shape index (κ2) is 6.23. The summed E-state index contributed by atoms with van der Waals surface area (Å²) in [6, 6.07) is 11.1. The lowest BCUT2D eigenvalue weighted by Gasteiger charge is -2.27. The summed E-state index contributed by atoms with van der Waals surface area (Å²) in [4.78, 5) is 11.1. The van der Waals surface area contributed by atoms with Crippen LogP contribution in [0.5, 0.6) is 5.75 Å². The molecule has 0 saturated carbocycles.